The van der Waals surface area contributed by atoms with Gasteiger partial charge in [-0.05, 0) is 51.5 Å². The van der Waals surface area contributed by atoms with Gasteiger partial charge in [0.25, 0.3) is 0 Å². The number of carbonyl (C=O) groups is 1. The molecule has 0 radical (unpaired) electrons. The third-order valence-electron chi connectivity index (χ3n) is 5.16. The molecule has 0 amide bonds. The minimum absolute atomic E-state index is 0.0234. The van der Waals surface area contributed by atoms with Crippen LogP contribution in [0.4, 0.5) is 0 Å². The number of aryl methyl sites for hydroxylation is 1. The molecule has 1 aromatic carbocycles. The molecule has 0 aromatic heterocycles. The van der Waals surface area contributed by atoms with Gasteiger partial charge in [0.1, 0.15) is 0 Å². The zero-order valence-corrected chi connectivity index (χ0v) is 18.2. The van der Waals surface area contributed by atoms with Crippen LogP contribution in [0.1, 0.15) is 51.5 Å². The summed E-state index contributed by atoms with van der Waals surface area (Å²) >= 11 is 0. The number of hydrogen-bond donors (Lipinski definition) is 2. The van der Waals surface area contributed by atoms with E-state index in [4.69, 9.17) is 9.47 Å². The number of aliphatic hydroxyl groups excluding tert-OH is 2. The van der Waals surface area contributed by atoms with Gasteiger partial charge in [-0.2, -0.15) is 0 Å². The molecule has 0 bridgehead atoms. The zero-order valence-electron chi connectivity index (χ0n) is 18.2. The lowest BCUT2D eigenvalue weighted by Gasteiger charge is -2.16. The van der Waals surface area contributed by atoms with Crippen molar-refractivity contribution in [1.29, 1.82) is 0 Å². The van der Waals surface area contributed by atoms with Gasteiger partial charge in [0.05, 0.1) is 31.0 Å². The van der Waals surface area contributed by atoms with Crippen molar-refractivity contribution in [3.05, 3.63) is 60.2 Å². The van der Waals surface area contributed by atoms with Crippen LogP contribution in [0.5, 0.6) is 0 Å². The van der Waals surface area contributed by atoms with E-state index in [9.17, 15) is 15.0 Å². The average Bonchev–Trinajstić information content (AvgIpc) is 3.07. The van der Waals surface area contributed by atoms with Crippen molar-refractivity contribution < 1.29 is 24.5 Å². The van der Waals surface area contributed by atoms with Gasteiger partial charge in [-0.15, -0.1) is 0 Å². The third-order valence-corrected chi connectivity index (χ3v) is 5.16. The monoisotopic (exact) mass is 416 g/mol. The van der Waals surface area contributed by atoms with Crippen LogP contribution in [0.2, 0.25) is 0 Å². The lowest BCUT2D eigenvalue weighted by molar-refractivity contribution is -0.147. The molecule has 4 atom stereocenters. The second-order valence-electron chi connectivity index (χ2n) is 8.14. The summed E-state index contributed by atoms with van der Waals surface area (Å²) in [6.07, 6.45) is 10.6. The summed E-state index contributed by atoms with van der Waals surface area (Å²) < 4.78 is 10.8. The van der Waals surface area contributed by atoms with Crippen LogP contribution in [-0.4, -0.2) is 47.2 Å². The van der Waals surface area contributed by atoms with Crippen molar-refractivity contribution in [3.63, 3.8) is 0 Å². The van der Waals surface area contributed by atoms with Gasteiger partial charge < -0.3 is 19.7 Å². The highest BCUT2D eigenvalue weighted by molar-refractivity contribution is 5.69. The minimum Gasteiger partial charge on any atom is -0.463 e. The first-order chi connectivity index (χ1) is 14.5. The maximum Gasteiger partial charge on any atom is 0.306 e. The topological polar surface area (TPSA) is 76.0 Å². The SMILES string of the molecule is CC(C)OC(=O)CCC/C=C\C[C@H]1[C@@H](O)CO[C@@H]1/C=C/[C@@H](O)CCc1ccccc1. The molecule has 0 unspecified atom stereocenters. The number of esters is 1. The lowest BCUT2D eigenvalue weighted by atomic mass is 9.94. The molecule has 5 heteroatoms. The molecule has 1 aliphatic heterocycles. The van der Waals surface area contributed by atoms with Crippen LogP contribution in [0, 0.1) is 5.92 Å². The fourth-order valence-corrected chi connectivity index (χ4v) is 3.52. The molecule has 1 fully saturated rings. The van der Waals surface area contributed by atoms with Crippen LogP contribution in [-0.2, 0) is 20.7 Å². The molecule has 2 N–H and O–H groups in total. The molecule has 0 spiro atoms. The van der Waals surface area contributed by atoms with E-state index < -0.39 is 12.2 Å². The van der Waals surface area contributed by atoms with Crippen LogP contribution in [0.15, 0.2) is 54.6 Å². The summed E-state index contributed by atoms with van der Waals surface area (Å²) in [4.78, 5) is 11.5. The van der Waals surface area contributed by atoms with Crippen molar-refractivity contribution in [3.8, 4) is 0 Å². The Hall–Kier alpha value is -1.95. The van der Waals surface area contributed by atoms with Crippen molar-refractivity contribution >= 4 is 5.97 Å². The van der Waals surface area contributed by atoms with Gasteiger partial charge in [0.2, 0.25) is 0 Å². The van der Waals surface area contributed by atoms with Gasteiger partial charge in [0, 0.05) is 12.3 Å². The number of aliphatic hydroxyl groups is 2. The number of carbonyl (C=O) groups excluding carboxylic acids is 1. The van der Waals surface area contributed by atoms with Crippen molar-refractivity contribution in [2.24, 2.45) is 5.92 Å². The Labute approximate surface area is 180 Å². The van der Waals surface area contributed by atoms with E-state index in [1.54, 1.807) is 6.08 Å². The molecule has 1 heterocycles. The quantitative estimate of drug-likeness (QED) is 0.306. The normalized spacial score (nSPS) is 22.9. The van der Waals surface area contributed by atoms with Gasteiger partial charge in [-0.25, -0.2) is 0 Å². The highest BCUT2D eigenvalue weighted by atomic mass is 16.5. The standard InChI is InChI=1S/C25H36O5/c1-19(2)30-25(28)13-9-4-3-8-12-22-23(27)18-29-24(22)17-16-21(26)15-14-20-10-6-5-7-11-20/h3,5-8,10-11,16-17,19,21-24,26-27H,4,9,12-15,18H2,1-2H3/b8-3-,17-16+/t21-,22-,23-,24+/m0/s1. The molecule has 1 aromatic rings. The number of allylic oxidation sites excluding steroid dienone is 2. The van der Waals surface area contributed by atoms with Crippen molar-refractivity contribution in [2.45, 2.75) is 76.8 Å². The Balaban J connectivity index is 1.70. The molecule has 0 aliphatic carbocycles. The summed E-state index contributed by atoms with van der Waals surface area (Å²) in [5.41, 5.74) is 1.21. The molecule has 1 saturated heterocycles. The second kappa shape index (κ2) is 13.4. The Morgan fingerprint density at radius 1 is 1.27 bits per heavy atom. The Kier molecular flexibility index (Phi) is 10.8. The molecule has 5 nitrogen and oxygen atoms in total. The molecule has 166 valence electrons. The third kappa shape index (κ3) is 9.24. The first kappa shape index (κ1) is 24.3. The van der Waals surface area contributed by atoms with E-state index in [2.05, 4.69) is 12.1 Å². The Morgan fingerprint density at radius 3 is 2.77 bits per heavy atom. The van der Waals surface area contributed by atoms with E-state index in [0.29, 0.717) is 25.9 Å². The number of rotatable bonds is 12. The van der Waals surface area contributed by atoms with Crippen LogP contribution < -0.4 is 0 Å². The minimum atomic E-state index is -0.534. The number of ether oxygens (including phenoxy) is 2. The van der Waals surface area contributed by atoms with Gasteiger partial charge in [0.15, 0.2) is 0 Å². The molecule has 30 heavy (non-hydrogen) atoms. The lowest BCUT2D eigenvalue weighted by Crippen LogP contribution is -2.22. The van der Waals surface area contributed by atoms with Crippen molar-refractivity contribution in [2.75, 3.05) is 6.61 Å². The van der Waals surface area contributed by atoms with E-state index in [1.165, 1.54) is 5.56 Å². The van der Waals surface area contributed by atoms with E-state index in [-0.39, 0.29) is 24.1 Å². The second-order valence-corrected chi connectivity index (χ2v) is 8.14. The average molecular weight is 417 g/mol. The first-order valence-corrected chi connectivity index (χ1v) is 11.0. The predicted octanol–water partition coefficient (Wildman–Crippen LogP) is 3.98. The van der Waals surface area contributed by atoms with Gasteiger partial charge in [-0.3, -0.25) is 4.79 Å². The largest absolute Gasteiger partial charge is 0.463 e. The van der Waals surface area contributed by atoms with Crippen LogP contribution >= 0.6 is 0 Å². The Bertz CT molecular complexity index is 667. The number of unbranched alkanes of at least 4 members (excludes halogenated alkanes) is 1. The summed E-state index contributed by atoms with van der Waals surface area (Å²) in [5, 5.41) is 20.5. The fraction of sp³-hybridized carbons (Fsp3) is 0.560. The first-order valence-electron chi connectivity index (χ1n) is 11.0. The zero-order chi connectivity index (χ0) is 21.8. The van der Waals surface area contributed by atoms with Crippen LogP contribution in [0.25, 0.3) is 0 Å². The maximum absolute atomic E-state index is 11.5. The highest BCUT2D eigenvalue weighted by Crippen LogP contribution is 2.26. The van der Waals surface area contributed by atoms with Crippen molar-refractivity contribution in [1.82, 2.24) is 0 Å². The van der Waals surface area contributed by atoms with Gasteiger partial charge >= 0.3 is 5.97 Å². The van der Waals surface area contributed by atoms with Gasteiger partial charge in [-0.1, -0.05) is 54.6 Å². The van der Waals surface area contributed by atoms with Crippen LogP contribution in [0.3, 0.4) is 0 Å². The smallest absolute Gasteiger partial charge is 0.306 e. The van der Waals surface area contributed by atoms with E-state index >= 15 is 0 Å². The molecule has 1 aliphatic rings. The Morgan fingerprint density at radius 2 is 2.03 bits per heavy atom. The summed E-state index contributed by atoms with van der Waals surface area (Å²) in [5.74, 6) is -0.182. The number of hydrogen-bond acceptors (Lipinski definition) is 5. The summed E-state index contributed by atoms with van der Waals surface area (Å²) in [7, 11) is 0. The summed E-state index contributed by atoms with van der Waals surface area (Å²) in [6, 6.07) is 10.1. The summed E-state index contributed by atoms with van der Waals surface area (Å²) in [6.45, 7) is 4.01. The molecule has 2 rings (SSSR count). The van der Waals surface area contributed by atoms with E-state index in [1.807, 2.05) is 50.3 Å². The molecular formula is C25H36O5. The maximum atomic E-state index is 11.5. The predicted molar refractivity (Wildman–Crippen MR) is 118 cm³/mol. The fourth-order valence-electron chi connectivity index (χ4n) is 3.52. The molecule has 0 saturated carbocycles. The molecular weight excluding hydrogens is 380 g/mol. The number of benzene rings is 1. The highest BCUT2D eigenvalue weighted by Gasteiger charge is 2.33. The van der Waals surface area contributed by atoms with E-state index in [0.717, 1.165) is 19.3 Å².